The zero-order valence-electron chi connectivity index (χ0n) is 9.51. The van der Waals surface area contributed by atoms with Gasteiger partial charge in [0.1, 0.15) is 5.75 Å². The fourth-order valence-corrected chi connectivity index (χ4v) is 2.10. The summed E-state index contributed by atoms with van der Waals surface area (Å²) >= 11 is 0. The Balaban J connectivity index is 2.21. The van der Waals surface area contributed by atoms with E-state index in [2.05, 4.69) is 0 Å². The van der Waals surface area contributed by atoms with Gasteiger partial charge in [-0.3, -0.25) is 4.79 Å². The van der Waals surface area contributed by atoms with Crippen LogP contribution in [0.3, 0.4) is 0 Å². The molecule has 2 N–H and O–H groups in total. The van der Waals surface area contributed by atoms with Crippen LogP contribution in [0.5, 0.6) is 5.75 Å². The maximum Gasteiger partial charge on any atom is 0.239 e. The molecule has 1 fully saturated rings. The van der Waals surface area contributed by atoms with Crippen molar-refractivity contribution in [2.24, 2.45) is 5.73 Å². The number of hydrogen-bond acceptors (Lipinski definition) is 3. The molecule has 4 heteroatoms. The van der Waals surface area contributed by atoms with Crippen LogP contribution in [-0.2, 0) is 4.79 Å². The number of rotatable bonds is 2. The third kappa shape index (κ3) is 1.76. The van der Waals surface area contributed by atoms with Crippen LogP contribution in [0, 0.1) is 0 Å². The summed E-state index contributed by atoms with van der Waals surface area (Å²) in [6, 6.07) is 7.48. The van der Waals surface area contributed by atoms with Crippen LogP contribution in [0.1, 0.15) is 18.0 Å². The molecule has 0 aromatic heterocycles. The van der Waals surface area contributed by atoms with Crippen LogP contribution in [0.25, 0.3) is 0 Å². The molecule has 0 spiro atoms. The highest BCUT2D eigenvalue weighted by molar-refractivity contribution is 5.84. The van der Waals surface area contributed by atoms with E-state index >= 15 is 0 Å². The minimum absolute atomic E-state index is 0.0146. The fourth-order valence-electron chi connectivity index (χ4n) is 2.10. The normalized spacial score (nSPS) is 24.9. The molecule has 4 nitrogen and oxygen atoms in total. The summed E-state index contributed by atoms with van der Waals surface area (Å²) in [5.74, 6) is 0.834. The first-order valence-electron chi connectivity index (χ1n) is 5.29. The van der Waals surface area contributed by atoms with Crippen molar-refractivity contribution in [3.05, 3.63) is 29.8 Å². The average Bonchev–Trinajstić information content (AvgIpc) is 2.57. The van der Waals surface area contributed by atoms with Crippen molar-refractivity contribution in [2.45, 2.75) is 18.5 Å². The van der Waals surface area contributed by atoms with Crippen LogP contribution >= 0.6 is 0 Å². The summed E-state index contributed by atoms with van der Waals surface area (Å²) in [5, 5.41) is 0. The van der Waals surface area contributed by atoms with Gasteiger partial charge in [-0.25, -0.2) is 0 Å². The third-order valence-electron chi connectivity index (χ3n) is 3.11. The van der Waals surface area contributed by atoms with E-state index in [0.717, 1.165) is 11.3 Å². The Labute approximate surface area is 95.0 Å². The van der Waals surface area contributed by atoms with E-state index in [9.17, 15) is 4.79 Å². The van der Waals surface area contributed by atoms with Crippen molar-refractivity contribution >= 4 is 5.91 Å². The van der Waals surface area contributed by atoms with Crippen LogP contribution in [0.2, 0.25) is 0 Å². The van der Waals surface area contributed by atoms with Gasteiger partial charge >= 0.3 is 0 Å². The highest BCUT2D eigenvalue weighted by Gasteiger charge is 2.35. The molecule has 0 bridgehead atoms. The number of nitrogens with two attached hydrogens (primary N) is 1. The Morgan fingerprint density at radius 3 is 2.44 bits per heavy atom. The first-order chi connectivity index (χ1) is 7.63. The molecule has 1 aliphatic heterocycles. The smallest absolute Gasteiger partial charge is 0.239 e. The molecule has 1 amide bonds. The standard InChI is InChI=1S/C12H16N2O2/c1-14-11(7-10(13)12(14)15)8-3-5-9(16-2)6-4-8/h3-6,10-11H,7,13H2,1-2H3/t10-,11-/m0/s1. The lowest BCUT2D eigenvalue weighted by atomic mass is 10.0. The van der Waals surface area contributed by atoms with Crippen molar-refractivity contribution in [3.63, 3.8) is 0 Å². The first-order valence-corrected chi connectivity index (χ1v) is 5.29. The molecule has 1 aliphatic rings. The van der Waals surface area contributed by atoms with E-state index in [4.69, 9.17) is 10.5 Å². The molecule has 0 aliphatic carbocycles. The molecule has 1 heterocycles. The van der Waals surface area contributed by atoms with Crippen molar-refractivity contribution in [2.75, 3.05) is 14.2 Å². The largest absolute Gasteiger partial charge is 0.497 e. The SMILES string of the molecule is COc1ccc([C@@H]2C[C@H](N)C(=O)N2C)cc1. The van der Waals surface area contributed by atoms with Crippen LogP contribution in [-0.4, -0.2) is 31.0 Å². The van der Waals surface area contributed by atoms with Crippen molar-refractivity contribution < 1.29 is 9.53 Å². The molecular weight excluding hydrogens is 204 g/mol. The monoisotopic (exact) mass is 220 g/mol. The summed E-state index contributed by atoms with van der Waals surface area (Å²) in [6.45, 7) is 0. The van der Waals surface area contributed by atoms with Crippen LogP contribution < -0.4 is 10.5 Å². The Morgan fingerprint density at radius 1 is 1.38 bits per heavy atom. The maximum atomic E-state index is 11.6. The molecule has 16 heavy (non-hydrogen) atoms. The van der Waals surface area contributed by atoms with E-state index < -0.39 is 0 Å². The van der Waals surface area contributed by atoms with Crippen LogP contribution in [0.15, 0.2) is 24.3 Å². The average molecular weight is 220 g/mol. The van der Waals surface area contributed by atoms with Gasteiger partial charge in [0.2, 0.25) is 5.91 Å². The minimum Gasteiger partial charge on any atom is -0.497 e. The molecule has 1 saturated heterocycles. The maximum absolute atomic E-state index is 11.6. The molecule has 2 rings (SSSR count). The zero-order chi connectivity index (χ0) is 11.7. The molecule has 1 aromatic rings. The number of likely N-dealkylation sites (N-methyl/N-ethyl adjacent to an activating group) is 1. The van der Waals surface area contributed by atoms with Gasteiger partial charge < -0.3 is 15.4 Å². The number of likely N-dealkylation sites (tertiary alicyclic amines) is 1. The van der Waals surface area contributed by atoms with E-state index in [1.54, 1.807) is 19.1 Å². The number of methoxy groups -OCH3 is 1. The number of carbonyl (C=O) groups excluding carboxylic acids is 1. The van der Waals surface area contributed by atoms with E-state index in [1.165, 1.54) is 0 Å². The zero-order valence-corrected chi connectivity index (χ0v) is 9.51. The predicted octanol–water partition coefficient (Wildman–Crippen LogP) is 0.926. The van der Waals surface area contributed by atoms with E-state index in [0.29, 0.717) is 6.42 Å². The predicted molar refractivity (Wildman–Crippen MR) is 61.1 cm³/mol. The molecular formula is C12H16N2O2. The first kappa shape index (κ1) is 11.0. The topological polar surface area (TPSA) is 55.6 Å². The quantitative estimate of drug-likeness (QED) is 0.806. The summed E-state index contributed by atoms with van der Waals surface area (Å²) < 4.78 is 5.10. The highest BCUT2D eigenvalue weighted by atomic mass is 16.5. The second kappa shape index (κ2) is 4.14. The number of nitrogens with zero attached hydrogens (tertiary/aromatic N) is 1. The lowest BCUT2D eigenvalue weighted by Gasteiger charge is -2.19. The summed E-state index contributed by atoms with van der Waals surface area (Å²) in [5.41, 5.74) is 6.84. The van der Waals surface area contributed by atoms with Gasteiger partial charge in [0, 0.05) is 7.05 Å². The molecule has 0 unspecified atom stereocenters. The second-order valence-electron chi connectivity index (χ2n) is 4.08. The summed E-state index contributed by atoms with van der Waals surface area (Å²) in [4.78, 5) is 13.3. The Bertz CT molecular complexity index is 389. The van der Waals surface area contributed by atoms with Crippen molar-refractivity contribution in [1.29, 1.82) is 0 Å². The Morgan fingerprint density at radius 2 is 2.00 bits per heavy atom. The van der Waals surface area contributed by atoms with Gasteiger partial charge in [-0.05, 0) is 24.1 Å². The Kier molecular flexibility index (Phi) is 2.83. The minimum atomic E-state index is -0.364. The number of amides is 1. The van der Waals surface area contributed by atoms with Crippen LogP contribution in [0.4, 0.5) is 0 Å². The fraction of sp³-hybridized carbons (Fsp3) is 0.417. The third-order valence-corrected chi connectivity index (χ3v) is 3.11. The number of benzene rings is 1. The number of ether oxygens (including phenoxy) is 1. The highest BCUT2D eigenvalue weighted by Crippen LogP contribution is 2.31. The van der Waals surface area contributed by atoms with Gasteiger partial charge in [0.05, 0.1) is 19.2 Å². The van der Waals surface area contributed by atoms with Gasteiger partial charge in [-0.15, -0.1) is 0 Å². The summed E-state index contributed by atoms with van der Waals surface area (Å²) in [6.07, 6.45) is 0.682. The number of hydrogen-bond donors (Lipinski definition) is 1. The molecule has 1 aromatic carbocycles. The van der Waals surface area contributed by atoms with E-state index in [-0.39, 0.29) is 18.0 Å². The lowest BCUT2D eigenvalue weighted by Crippen LogP contribution is -2.31. The second-order valence-corrected chi connectivity index (χ2v) is 4.08. The lowest BCUT2D eigenvalue weighted by molar-refractivity contribution is -0.128. The molecule has 86 valence electrons. The van der Waals surface area contributed by atoms with Gasteiger partial charge in [0.15, 0.2) is 0 Å². The molecule has 0 radical (unpaired) electrons. The Hall–Kier alpha value is -1.55. The molecule has 2 atom stereocenters. The van der Waals surface area contributed by atoms with Gasteiger partial charge in [-0.1, -0.05) is 12.1 Å². The van der Waals surface area contributed by atoms with E-state index in [1.807, 2.05) is 24.3 Å². The van der Waals surface area contributed by atoms with Crippen molar-refractivity contribution in [3.8, 4) is 5.75 Å². The van der Waals surface area contributed by atoms with Crippen molar-refractivity contribution in [1.82, 2.24) is 4.90 Å². The number of carbonyl (C=O) groups is 1. The van der Waals surface area contributed by atoms with Gasteiger partial charge in [0.25, 0.3) is 0 Å². The molecule has 0 saturated carbocycles. The summed E-state index contributed by atoms with van der Waals surface area (Å²) in [7, 11) is 3.43. The van der Waals surface area contributed by atoms with Gasteiger partial charge in [-0.2, -0.15) is 0 Å².